The lowest BCUT2D eigenvalue weighted by Gasteiger charge is -2.04. The second kappa shape index (κ2) is 5.17. The van der Waals surface area contributed by atoms with Gasteiger partial charge in [-0.05, 0) is 0 Å². The van der Waals surface area contributed by atoms with Crippen LogP contribution in [0.2, 0.25) is 0 Å². The van der Waals surface area contributed by atoms with Crippen LogP contribution in [0.25, 0.3) is 0 Å². The number of nitrogens with one attached hydrogen (secondary N) is 1. The van der Waals surface area contributed by atoms with Crippen LogP contribution in [0.15, 0.2) is 6.07 Å². The summed E-state index contributed by atoms with van der Waals surface area (Å²) < 4.78 is 42.6. The number of ether oxygens (including phenoxy) is 1. The molecule has 0 aliphatic heterocycles. The summed E-state index contributed by atoms with van der Waals surface area (Å²) in [5.41, 5.74) is -1.23. The van der Waals surface area contributed by atoms with Gasteiger partial charge >= 0.3 is 6.18 Å². The molecule has 96 valence electrons. The maximum atomic E-state index is 12.4. The van der Waals surface area contributed by atoms with Gasteiger partial charge in [0.2, 0.25) is 0 Å². The first-order valence-corrected chi connectivity index (χ1v) is 4.74. The zero-order valence-corrected chi connectivity index (χ0v) is 9.34. The molecule has 0 saturated carbocycles. The maximum Gasteiger partial charge on any atom is 0.433 e. The minimum absolute atomic E-state index is 0.216. The number of aromatic nitrogens is 2. The van der Waals surface area contributed by atoms with Crippen molar-refractivity contribution < 1.29 is 22.7 Å². The molecule has 0 radical (unpaired) electrons. The fraction of sp³-hybridized carbons (Fsp3) is 0.556. The average molecular weight is 251 g/mol. The Kier molecular flexibility index (Phi) is 4.11. The lowest BCUT2D eigenvalue weighted by atomic mass is 10.3. The van der Waals surface area contributed by atoms with Crippen molar-refractivity contribution in [2.75, 3.05) is 20.3 Å². The summed E-state index contributed by atoms with van der Waals surface area (Å²) in [7, 11) is 2.59. The Hall–Kier alpha value is -1.57. The van der Waals surface area contributed by atoms with E-state index in [9.17, 15) is 18.0 Å². The van der Waals surface area contributed by atoms with Crippen molar-refractivity contribution in [2.45, 2.75) is 6.18 Å². The molecule has 1 N–H and O–H groups in total. The largest absolute Gasteiger partial charge is 0.433 e. The van der Waals surface area contributed by atoms with Gasteiger partial charge in [0.05, 0.1) is 6.61 Å². The van der Waals surface area contributed by atoms with Crippen LogP contribution in [0.1, 0.15) is 16.2 Å². The second-order valence-electron chi connectivity index (χ2n) is 3.28. The van der Waals surface area contributed by atoms with E-state index in [0.29, 0.717) is 10.7 Å². The predicted octanol–water partition coefficient (Wildman–Crippen LogP) is 0.815. The summed E-state index contributed by atoms with van der Waals surface area (Å²) in [6.07, 6.45) is -4.52. The Balaban J connectivity index is 2.76. The highest BCUT2D eigenvalue weighted by atomic mass is 19.4. The molecule has 5 nitrogen and oxygen atoms in total. The highest BCUT2D eigenvalue weighted by molar-refractivity contribution is 5.92. The molecule has 1 amide bonds. The number of rotatable bonds is 4. The molecule has 0 atom stereocenters. The Bertz CT molecular complexity index is 401. The first-order valence-electron chi connectivity index (χ1n) is 4.74. The van der Waals surface area contributed by atoms with Crippen molar-refractivity contribution in [3.63, 3.8) is 0 Å². The first-order chi connectivity index (χ1) is 7.86. The SMILES string of the molecule is COCCNC(=O)c1cc(C(F)(F)F)n(C)n1. The van der Waals surface area contributed by atoms with E-state index in [1.54, 1.807) is 0 Å². The minimum Gasteiger partial charge on any atom is -0.383 e. The monoisotopic (exact) mass is 251 g/mol. The molecule has 0 fully saturated rings. The summed E-state index contributed by atoms with van der Waals surface area (Å²) in [4.78, 5) is 11.4. The standard InChI is InChI=1S/C9H12F3N3O2/c1-15-7(9(10,11)12)5-6(14-15)8(16)13-3-4-17-2/h5H,3-4H2,1-2H3,(H,13,16). The number of methoxy groups -OCH3 is 1. The van der Waals surface area contributed by atoms with Gasteiger partial charge in [-0.3, -0.25) is 9.48 Å². The van der Waals surface area contributed by atoms with Crippen molar-refractivity contribution in [2.24, 2.45) is 7.05 Å². The van der Waals surface area contributed by atoms with Crippen molar-refractivity contribution in [3.05, 3.63) is 17.5 Å². The second-order valence-corrected chi connectivity index (χ2v) is 3.28. The summed E-state index contributed by atoms with van der Waals surface area (Å²) in [6.45, 7) is 0.498. The molecule has 0 bridgehead atoms. The fourth-order valence-corrected chi connectivity index (χ4v) is 1.20. The van der Waals surface area contributed by atoms with Gasteiger partial charge in [-0.25, -0.2) is 0 Å². The van der Waals surface area contributed by atoms with Gasteiger partial charge in [-0.1, -0.05) is 0 Å². The molecule has 0 saturated heterocycles. The van der Waals surface area contributed by atoms with E-state index in [0.717, 1.165) is 7.05 Å². The van der Waals surface area contributed by atoms with Crippen LogP contribution in [0.4, 0.5) is 13.2 Å². The van der Waals surface area contributed by atoms with Crippen LogP contribution in [-0.2, 0) is 18.0 Å². The lowest BCUT2D eigenvalue weighted by molar-refractivity contribution is -0.143. The van der Waals surface area contributed by atoms with E-state index in [1.807, 2.05) is 0 Å². The third-order valence-electron chi connectivity index (χ3n) is 1.99. The summed E-state index contributed by atoms with van der Waals surface area (Å²) in [6, 6.07) is 0.710. The van der Waals surface area contributed by atoms with Crippen molar-refractivity contribution in [3.8, 4) is 0 Å². The van der Waals surface area contributed by atoms with E-state index >= 15 is 0 Å². The molecule has 1 heterocycles. The van der Waals surface area contributed by atoms with Gasteiger partial charge < -0.3 is 10.1 Å². The third kappa shape index (κ3) is 3.45. The Labute approximate surface area is 95.5 Å². The maximum absolute atomic E-state index is 12.4. The number of hydrogen-bond acceptors (Lipinski definition) is 3. The van der Waals surface area contributed by atoms with Crippen molar-refractivity contribution in [1.29, 1.82) is 0 Å². The van der Waals surface area contributed by atoms with Crippen molar-refractivity contribution >= 4 is 5.91 Å². The zero-order chi connectivity index (χ0) is 13.1. The number of carbonyl (C=O) groups excluding carboxylic acids is 1. The Morgan fingerprint density at radius 2 is 2.24 bits per heavy atom. The van der Waals surface area contributed by atoms with E-state index in [1.165, 1.54) is 7.11 Å². The van der Waals surface area contributed by atoms with Gasteiger partial charge in [-0.2, -0.15) is 18.3 Å². The highest BCUT2D eigenvalue weighted by Crippen LogP contribution is 2.29. The minimum atomic E-state index is -4.52. The molecule has 0 aliphatic rings. The normalized spacial score (nSPS) is 11.6. The predicted molar refractivity (Wildman–Crippen MR) is 52.4 cm³/mol. The van der Waals surface area contributed by atoms with Gasteiger partial charge in [-0.15, -0.1) is 0 Å². The average Bonchev–Trinajstić information content (AvgIpc) is 2.60. The number of amides is 1. The molecular formula is C9H12F3N3O2. The number of halogens is 3. The summed E-state index contributed by atoms with van der Waals surface area (Å²) in [5.74, 6) is -0.659. The molecule has 1 aromatic rings. The quantitative estimate of drug-likeness (QED) is 0.806. The zero-order valence-electron chi connectivity index (χ0n) is 9.34. The summed E-state index contributed by atoms with van der Waals surface area (Å²) in [5, 5.41) is 5.88. The molecule has 0 aromatic carbocycles. The lowest BCUT2D eigenvalue weighted by Crippen LogP contribution is -2.27. The molecule has 1 rings (SSSR count). The highest BCUT2D eigenvalue weighted by Gasteiger charge is 2.35. The molecule has 1 aromatic heterocycles. The fourth-order valence-electron chi connectivity index (χ4n) is 1.20. The summed E-state index contributed by atoms with van der Waals surface area (Å²) >= 11 is 0. The van der Waals surface area contributed by atoms with Gasteiger partial charge in [0, 0.05) is 26.8 Å². The van der Waals surface area contributed by atoms with Crippen LogP contribution in [-0.4, -0.2) is 35.9 Å². The van der Waals surface area contributed by atoms with Gasteiger partial charge in [0.15, 0.2) is 5.69 Å². The van der Waals surface area contributed by atoms with E-state index in [-0.39, 0.29) is 18.8 Å². The Morgan fingerprint density at radius 3 is 2.71 bits per heavy atom. The molecule has 0 aliphatic carbocycles. The van der Waals surface area contributed by atoms with Gasteiger partial charge in [0.1, 0.15) is 5.69 Å². The number of hydrogen-bond donors (Lipinski definition) is 1. The molecule has 0 unspecified atom stereocenters. The van der Waals surface area contributed by atoms with Crippen LogP contribution in [0.5, 0.6) is 0 Å². The molecule has 17 heavy (non-hydrogen) atoms. The van der Waals surface area contributed by atoms with Crippen LogP contribution < -0.4 is 5.32 Å². The Morgan fingerprint density at radius 1 is 1.59 bits per heavy atom. The van der Waals surface area contributed by atoms with Crippen LogP contribution in [0.3, 0.4) is 0 Å². The third-order valence-corrected chi connectivity index (χ3v) is 1.99. The first kappa shape index (κ1) is 13.5. The number of carbonyl (C=O) groups is 1. The number of aryl methyl sites for hydroxylation is 1. The van der Waals surface area contributed by atoms with Crippen LogP contribution >= 0.6 is 0 Å². The van der Waals surface area contributed by atoms with Gasteiger partial charge in [0.25, 0.3) is 5.91 Å². The smallest absolute Gasteiger partial charge is 0.383 e. The molecule has 8 heteroatoms. The van der Waals surface area contributed by atoms with E-state index in [4.69, 9.17) is 4.74 Å². The van der Waals surface area contributed by atoms with Crippen LogP contribution in [0, 0.1) is 0 Å². The van der Waals surface area contributed by atoms with Crippen molar-refractivity contribution in [1.82, 2.24) is 15.1 Å². The topological polar surface area (TPSA) is 56.1 Å². The van der Waals surface area contributed by atoms with E-state index in [2.05, 4.69) is 10.4 Å². The molecular weight excluding hydrogens is 239 g/mol. The number of alkyl halides is 3. The number of nitrogens with zero attached hydrogens (tertiary/aromatic N) is 2. The van der Waals surface area contributed by atoms with E-state index < -0.39 is 17.8 Å². The molecule has 0 spiro atoms.